The van der Waals surface area contributed by atoms with Gasteiger partial charge in [0.1, 0.15) is 0 Å². The molecule has 74 valence electrons. The van der Waals surface area contributed by atoms with Gasteiger partial charge in [0.2, 0.25) is 0 Å². The average Bonchev–Trinajstić information content (AvgIpc) is 2.88. The van der Waals surface area contributed by atoms with Crippen LogP contribution in [0.15, 0.2) is 11.6 Å². The molecule has 4 unspecified atom stereocenters. The molecule has 0 aromatic carbocycles. The molecule has 0 saturated heterocycles. The number of rotatable bonds is 2. The molecule has 0 nitrogen and oxygen atoms in total. The van der Waals surface area contributed by atoms with Gasteiger partial charge in [-0.15, -0.1) is 0 Å². The molecule has 2 rings (SSSR count). The fourth-order valence-electron chi connectivity index (χ4n) is 2.70. The van der Waals surface area contributed by atoms with Crippen LogP contribution in [0.1, 0.15) is 46.5 Å². The molecule has 0 radical (unpaired) electrons. The van der Waals surface area contributed by atoms with Crippen LogP contribution in [-0.2, 0) is 0 Å². The Morgan fingerprint density at radius 1 is 1.38 bits per heavy atom. The van der Waals surface area contributed by atoms with Crippen LogP contribution in [-0.4, -0.2) is 0 Å². The summed E-state index contributed by atoms with van der Waals surface area (Å²) in [5, 5.41) is 0. The maximum Gasteiger partial charge on any atom is -0.0172 e. The Hall–Kier alpha value is -0.260. The number of hydrogen-bond acceptors (Lipinski definition) is 0. The van der Waals surface area contributed by atoms with E-state index in [1.54, 1.807) is 5.57 Å². The van der Waals surface area contributed by atoms with Crippen LogP contribution >= 0.6 is 0 Å². The first-order valence-corrected chi connectivity index (χ1v) is 5.93. The molecule has 0 bridgehead atoms. The first-order valence-electron chi connectivity index (χ1n) is 5.93. The number of allylic oxidation sites excluding steroid dienone is 2. The standard InChI is InChI=1S/C13H22/c1-4-11-8-13(11)12-6-5-9(2)10(3)7-12/h7,9-11,13H,4-6,8H2,1-3H3. The van der Waals surface area contributed by atoms with E-state index in [0.717, 1.165) is 23.7 Å². The van der Waals surface area contributed by atoms with Crippen LogP contribution in [0.5, 0.6) is 0 Å². The van der Waals surface area contributed by atoms with Gasteiger partial charge in [0.15, 0.2) is 0 Å². The van der Waals surface area contributed by atoms with Crippen molar-refractivity contribution in [3.8, 4) is 0 Å². The van der Waals surface area contributed by atoms with Gasteiger partial charge < -0.3 is 0 Å². The molecule has 0 aromatic rings. The van der Waals surface area contributed by atoms with Gasteiger partial charge in [-0.2, -0.15) is 0 Å². The van der Waals surface area contributed by atoms with Gasteiger partial charge in [-0.1, -0.05) is 38.8 Å². The molecule has 0 aliphatic heterocycles. The van der Waals surface area contributed by atoms with E-state index >= 15 is 0 Å². The Morgan fingerprint density at radius 3 is 2.69 bits per heavy atom. The third kappa shape index (κ3) is 1.82. The largest absolute Gasteiger partial charge is 0.0819 e. The van der Waals surface area contributed by atoms with E-state index in [0.29, 0.717) is 0 Å². The fourth-order valence-corrected chi connectivity index (χ4v) is 2.70. The van der Waals surface area contributed by atoms with Gasteiger partial charge in [-0.25, -0.2) is 0 Å². The van der Waals surface area contributed by atoms with Gasteiger partial charge in [-0.05, 0) is 42.9 Å². The molecule has 13 heavy (non-hydrogen) atoms. The highest BCUT2D eigenvalue weighted by Crippen LogP contribution is 2.49. The van der Waals surface area contributed by atoms with Gasteiger partial charge in [0, 0.05) is 0 Å². The summed E-state index contributed by atoms with van der Waals surface area (Å²) in [4.78, 5) is 0. The lowest BCUT2D eigenvalue weighted by atomic mass is 9.81. The van der Waals surface area contributed by atoms with E-state index in [2.05, 4.69) is 26.8 Å². The second kappa shape index (κ2) is 3.48. The summed E-state index contributed by atoms with van der Waals surface area (Å²) in [6.45, 7) is 7.11. The summed E-state index contributed by atoms with van der Waals surface area (Å²) in [5.74, 6) is 3.80. The summed E-state index contributed by atoms with van der Waals surface area (Å²) in [5.41, 5.74) is 1.80. The second-order valence-corrected chi connectivity index (χ2v) is 5.13. The summed E-state index contributed by atoms with van der Waals surface area (Å²) < 4.78 is 0. The van der Waals surface area contributed by atoms with Crippen LogP contribution in [0, 0.1) is 23.7 Å². The van der Waals surface area contributed by atoms with E-state index < -0.39 is 0 Å². The molecule has 2 aliphatic carbocycles. The van der Waals surface area contributed by atoms with E-state index in [1.807, 2.05) is 0 Å². The van der Waals surface area contributed by atoms with Crippen molar-refractivity contribution in [2.75, 3.05) is 0 Å². The van der Waals surface area contributed by atoms with Crippen molar-refractivity contribution < 1.29 is 0 Å². The van der Waals surface area contributed by atoms with Crippen molar-refractivity contribution in [1.82, 2.24) is 0 Å². The molecular weight excluding hydrogens is 156 g/mol. The van der Waals surface area contributed by atoms with Gasteiger partial charge in [0.25, 0.3) is 0 Å². The minimum atomic E-state index is 0.835. The van der Waals surface area contributed by atoms with Gasteiger partial charge in [-0.3, -0.25) is 0 Å². The molecule has 0 spiro atoms. The zero-order chi connectivity index (χ0) is 9.42. The van der Waals surface area contributed by atoms with E-state index in [-0.39, 0.29) is 0 Å². The zero-order valence-electron chi connectivity index (χ0n) is 9.22. The van der Waals surface area contributed by atoms with Gasteiger partial charge in [0.05, 0.1) is 0 Å². The van der Waals surface area contributed by atoms with Crippen molar-refractivity contribution in [3.63, 3.8) is 0 Å². The average molecular weight is 178 g/mol. The van der Waals surface area contributed by atoms with Crippen LogP contribution in [0.25, 0.3) is 0 Å². The summed E-state index contributed by atoms with van der Waals surface area (Å²) in [7, 11) is 0. The Bertz CT molecular complexity index is 214. The predicted molar refractivity (Wildman–Crippen MR) is 57.5 cm³/mol. The number of hydrogen-bond donors (Lipinski definition) is 0. The molecular formula is C13H22. The summed E-state index contributed by atoms with van der Waals surface area (Å²) >= 11 is 0. The summed E-state index contributed by atoms with van der Waals surface area (Å²) in [6, 6.07) is 0. The monoisotopic (exact) mass is 178 g/mol. The third-order valence-corrected chi connectivity index (χ3v) is 4.19. The van der Waals surface area contributed by atoms with Crippen molar-refractivity contribution in [2.24, 2.45) is 23.7 Å². The normalized spacial score (nSPS) is 44.4. The van der Waals surface area contributed by atoms with Crippen LogP contribution in [0.3, 0.4) is 0 Å². The predicted octanol–water partition coefficient (Wildman–Crippen LogP) is 4.02. The Balaban J connectivity index is 1.98. The Labute approximate surface area is 82.4 Å². The molecule has 0 aromatic heterocycles. The van der Waals surface area contributed by atoms with Crippen LogP contribution < -0.4 is 0 Å². The Kier molecular flexibility index (Phi) is 2.49. The maximum atomic E-state index is 2.58. The molecule has 0 amide bonds. The molecule has 0 heterocycles. The van der Waals surface area contributed by atoms with E-state index in [1.165, 1.54) is 25.7 Å². The third-order valence-electron chi connectivity index (χ3n) is 4.19. The van der Waals surface area contributed by atoms with Crippen LogP contribution in [0.4, 0.5) is 0 Å². The first kappa shape index (κ1) is 9.30. The maximum absolute atomic E-state index is 2.58. The van der Waals surface area contributed by atoms with Gasteiger partial charge >= 0.3 is 0 Å². The quantitative estimate of drug-likeness (QED) is 0.560. The smallest absolute Gasteiger partial charge is 0.0172 e. The molecule has 0 heteroatoms. The van der Waals surface area contributed by atoms with Crippen molar-refractivity contribution >= 4 is 0 Å². The minimum absolute atomic E-state index is 0.835. The highest BCUT2D eigenvalue weighted by atomic mass is 14.4. The Morgan fingerprint density at radius 2 is 2.15 bits per heavy atom. The highest BCUT2D eigenvalue weighted by molar-refractivity contribution is 5.19. The molecule has 1 saturated carbocycles. The van der Waals surface area contributed by atoms with E-state index in [4.69, 9.17) is 0 Å². The summed E-state index contributed by atoms with van der Waals surface area (Å²) in [6.07, 6.45) is 8.29. The highest BCUT2D eigenvalue weighted by Gasteiger charge is 2.38. The molecule has 0 N–H and O–H groups in total. The minimum Gasteiger partial charge on any atom is -0.0819 e. The SMILES string of the molecule is CCC1CC1C1=CC(C)C(C)CC1. The lowest BCUT2D eigenvalue weighted by molar-refractivity contribution is 0.396. The topological polar surface area (TPSA) is 0 Å². The van der Waals surface area contributed by atoms with Crippen LogP contribution in [0.2, 0.25) is 0 Å². The lowest BCUT2D eigenvalue weighted by Crippen LogP contribution is -2.12. The zero-order valence-corrected chi connectivity index (χ0v) is 9.22. The molecule has 4 atom stereocenters. The fraction of sp³-hybridized carbons (Fsp3) is 0.846. The second-order valence-electron chi connectivity index (χ2n) is 5.13. The molecule has 2 aliphatic rings. The first-order chi connectivity index (χ1) is 6.22. The van der Waals surface area contributed by atoms with E-state index in [9.17, 15) is 0 Å². The molecule has 1 fully saturated rings. The lowest BCUT2D eigenvalue weighted by Gasteiger charge is -2.24. The van der Waals surface area contributed by atoms with Crippen molar-refractivity contribution in [1.29, 1.82) is 0 Å². The van der Waals surface area contributed by atoms with Crippen molar-refractivity contribution in [3.05, 3.63) is 11.6 Å². The van der Waals surface area contributed by atoms with Crippen molar-refractivity contribution in [2.45, 2.75) is 46.5 Å².